The zero-order valence-electron chi connectivity index (χ0n) is 17.2. The van der Waals surface area contributed by atoms with Crippen molar-refractivity contribution in [1.82, 2.24) is 9.55 Å². The van der Waals surface area contributed by atoms with Crippen molar-refractivity contribution >= 4 is 21.8 Å². The minimum absolute atomic E-state index is 0.264. The van der Waals surface area contributed by atoms with Gasteiger partial charge in [-0.2, -0.15) is 0 Å². The highest BCUT2D eigenvalue weighted by atomic mass is 16.5. The highest BCUT2D eigenvalue weighted by Gasteiger charge is 2.09. The number of phenolic OH excluding ortho intramolecular Hbond substituents is 1. The molecule has 0 atom stereocenters. The molecule has 5 aromatic rings. The van der Waals surface area contributed by atoms with Crippen LogP contribution in [0.1, 0.15) is 0 Å². The molecule has 1 heterocycles. The monoisotopic (exact) mass is 410 g/mol. The number of phenols is 1. The van der Waals surface area contributed by atoms with E-state index in [2.05, 4.69) is 45.9 Å². The Hall–Kier alpha value is -3.83. The Morgan fingerprint density at radius 1 is 0.903 bits per heavy atom. The topological polar surface area (TPSA) is 56.5 Å². The zero-order valence-corrected chi connectivity index (χ0v) is 17.2. The third-order valence-corrected chi connectivity index (χ3v) is 5.40. The second-order valence-electron chi connectivity index (χ2n) is 7.36. The summed E-state index contributed by atoms with van der Waals surface area (Å²) in [5.41, 5.74) is 5.11. The van der Waals surface area contributed by atoms with Crippen LogP contribution in [-0.2, 0) is 4.74 Å². The van der Waals surface area contributed by atoms with Gasteiger partial charge in [0.25, 0.3) is 0 Å². The van der Waals surface area contributed by atoms with Gasteiger partial charge in [0.05, 0.1) is 17.6 Å². The fourth-order valence-corrected chi connectivity index (χ4v) is 3.83. The zero-order chi connectivity index (χ0) is 21.2. The highest BCUT2D eigenvalue weighted by molar-refractivity contribution is 5.98. The molecular formula is C26H22N2O3. The van der Waals surface area contributed by atoms with Crippen LogP contribution in [-0.4, -0.2) is 35.0 Å². The van der Waals surface area contributed by atoms with E-state index in [1.165, 1.54) is 0 Å². The molecular weight excluding hydrogens is 388 g/mol. The molecule has 1 N–H and O–H groups in total. The van der Waals surface area contributed by atoms with E-state index in [0.717, 1.165) is 44.4 Å². The lowest BCUT2D eigenvalue weighted by Crippen LogP contribution is -2.04. The lowest BCUT2D eigenvalue weighted by Gasteiger charge is -2.11. The molecule has 0 bridgehead atoms. The van der Waals surface area contributed by atoms with Crippen LogP contribution >= 0.6 is 0 Å². The van der Waals surface area contributed by atoms with E-state index in [4.69, 9.17) is 9.47 Å². The quantitative estimate of drug-likeness (QED) is 0.372. The van der Waals surface area contributed by atoms with Gasteiger partial charge < -0.3 is 14.6 Å². The molecule has 0 radical (unpaired) electrons. The van der Waals surface area contributed by atoms with E-state index in [-0.39, 0.29) is 5.75 Å². The second-order valence-corrected chi connectivity index (χ2v) is 7.36. The molecule has 0 aliphatic carbocycles. The van der Waals surface area contributed by atoms with E-state index < -0.39 is 0 Å². The summed E-state index contributed by atoms with van der Waals surface area (Å²) in [7, 11) is 1.66. The van der Waals surface area contributed by atoms with Crippen LogP contribution in [0, 0.1) is 0 Å². The van der Waals surface area contributed by atoms with Crippen molar-refractivity contribution in [1.29, 1.82) is 0 Å². The van der Waals surface area contributed by atoms with Crippen molar-refractivity contribution in [3.8, 4) is 28.3 Å². The van der Waals surface area contributed by atoms with Gasteiger partial charge in [-0.25, -0.2) is 4.98 Å². The maximum absolute atomic E-state index is 9.64. The fraction of sp³-hybridized carbons (Fsp3) is 0.115. The summed E-state index contributed by atoms with van der Waals surface area (Å²) in [6.07, 6.45) is 1.84. The lowest BCUT2D eigenvalue weighted by atomic mass is 9.98. The van der Waals surface area contributed by atoms with Crippen molar-refractivity contribution in [2.75, 3.05) is 20.3 Å². The summed E-state index contributed by atoms with van der Waals surface area (Å²) in [4.78, 5) is 4.58. The van der Waals surface area contributed by atoms with E-state index in [0.29, 0.717) is 13.2 Å². The van der Waals surface area contributed by atoms with Crippen molar-refractivity contribution in [2.24, 2.45) is 0 Å². The molecule has 5 heteroatoms. The first kappa shape index (κ1) is 19.2. The van der Waals surface area contributed by atoms with E-state index in [9.17, 15) is 5.11 Å². The van der Waals surface area contributed by atoms with Gasteiger partial charge in [-0.15, -0.1) is 0 Å². The summed E-state index contributed by atoms with van der Waals surface area (Å²) in [5.74, 6) is 1.04. The van der Waals surface area contributed by atoms with Crippen LogP contribution in [0.25, 0.3) is 38.6 Å². The minimum atomic E-state index is 0.264. The van der Waals surface area contributed by atoms with Crippen LogP contribution < -0.4 is 4.74 Å². The average molecular weight is 410 g/mol. The summed E-state index contributed by atoms with van der Waals surface area (Å²) in [5, 5.41) is 11.9. The van der Waals surface area contributed by atoms with Gasteiger partial charge in [0.1, 0.15) is 24.4 Å². The summed E-state index contributed by atoms with van der Waals surface area (Å²) >= 11 is 0. The van der Waals surface area contributed by atoms with Gasteiger partial charge in [-0.3, -0.25) is 4.57 Å². The van der Waals surface area contributed by atoms with Crippen molar-refractivity contribution in [2.45, 2.75) is 0 Å². The summed E-state index contributed by atoms with van der Waals surface area (Å²) < 4.78 is 12.8. The smallest absolute Gasteiger partial charge is 0.121 e. The standard InChI is InChI=1S/C26H22N2O3/c1-30-13-14-31-22-11-12-26-25(16-22)27-17-28(26)20-8-5-18-3-2-4-23(24(18)15-20)19-6-9-21(29)10-7-19/h2-12,15-17,29H,13-14H2,1H3. The first-order chi connectivity index (χ1) is 15.2. The number of rotatable bonds is 6. The number of aromatic hydroxyl groups is 1. The number of fused-ring (bicyclic) bond motifs is 2. The molecule has 0 saturated carbocycles. The van der Waals surface area contributed by atoms with Crippen LogP contribution in [0.5, 0.6) is 11.5 Å². The van der Waals surface area contributed by atoms with E-state index in [1.807, 2.05) is 36.7 Å². The summed E-state index contributed by atoms with van der Waals surface area (Å²) in [6, 6.07) is 25.9. The van der Waals surface area contributed by atoms with Crippen molar-refractivity contribution in [3.05, 3.63) is 85.2 Å². The Morgan fingerprint density at radius 3 is 2.61 bits per heavy atom. The molecule has 5 rings (SSSR count). The molecule has 0 saturated heterocycles. The number of aromatic nitrogens is 2. The van der Waals surface area contributed by atoms with Gasteiger partial charge in [-0.05, 0) is 58.3 Å². The Kier molecular flexibility index (Phi) is 5.02. The molecule has 1 aromatic heterocycles. The first-order valence-electron chi connectivity index (χ1n) is 10.1. The normalized spacial score (nSPS) is 11.3. The number of hydrogen-bond donors (Lipinski definition) is 1. The number of imidazole rings is 1. The van der Waals surface area contributed by atoms with E-state index in [1.54, 1.807) is 19.2 Å². The van der Waals surface area contributed by atoms with Crippen molar-refractivity contribution < 1.29 is 14.6 Å². The SMILES string of the molecule is COCCOc1ccc2c(c1)ncn2-c1ccc2cccc(-c3ccc(O)cc3)c2c1. The van der Waals surface area contributed by atoms with Crippen LogP contribution in [0.3, 0.4) is 0 Å². The Bertz CT molecular complexity index is 1360. The Labute approximate surface area is 180 Å². The fourth-order valence-electron chi connectivity index (χ4n) is 3.83. The molecule has 0 aliphatic heterocycles. The van der Waals surface area contributed by atoms with Gasteiger partial charge in [0.15, 0.2) is 0 Å². The first-order valence-corrected chi connectivity index (χ1v) is 10.1. The largest absolute Gasteiger partial charge is 0.508 e. The Morgan fingerprint density at radius 2 is 1.77 bits per heavy atom. The molecule has 0 spiro atoms. The lowest BCUT2D eigenvalue weighted by molar-refractivity contribution is 0.146. The van der Waals surface area contributed by atoms with Gasteiger partial charge >= 0.3 is 0 Å². The van der Waals surface area contributed by atoms with E-state index >= 15 is 0 Å². The van der Waals surface area contributed by atoms with Gasteiger partial charge in [0, 0.05) is 18.9 Å². The number of nitrogens with zero attached hydrogens (tertiary/aromatic N) is 2. The third kappa shape index (κ3) is 3.71. The predicted molar refractivity (Wildman–Crippen MR) is 123 cm³/mol. The molecule has 0 unspecified atom stereocenters. The average Bonchev–Trinajstić information content (AvgIpc) is 3.22. The molecule has 5 nitrogen and oxygen atoms in total. The molecule has 0 aliphatic rings. The number of benzene rings is 4. The molecule has 0 fully saturated rings. The Balaban J connectivity index is 1.56. The van der Waals surface area contributed by atoms with Crippen molar-refractivity contribution in [3.63, 3.8) is 0 Å². The predicted octanol–water partition coefficient (Wildman–Crippen LogP) is 5.58. The maximum Gasteiger partial charge on any atom is 0.121 e. The second kappa shape index (κ2) is 8.13. The highest BCUT2D eigenvalue weighted by Crippen LogP contribution is 2.32. The van der Waals surface area contributed by atoms with Gasteiger partial charge in [0.2, 0.25) is 0 Å². The minimum Gasteiger partial charge on any atom is -0.508 e. The maximum atomic E-state index is 9.64. The molecule has 31 heavy (non-hydrogen) atoms. The summed E-state index contributed by atoms with van der Waals surface area (Å²) in [6.45, 7) is 1.06. The van der Waals surface area contributed by atoms with Crippen LogP contribution in [0.2, 0.25) is 0 Å². The molecule has 154 valence electrons. The molecule has 4 aromatic carbocycles. The third-order valence-electron chi connectivity index (χ3n) is 5.40. The number of methoxy groups -OCH3 is 1. The van der Waals surface area contributed by atoms with Crippen LogP contribution in [0.4, 0.5) is 0 Å². The number of hydrogen-bond acceptors (Lipinski definition) is 4. The number of ether oxygens (including phenoxy) is 2. The van der Waals surface area contributed by atoms with Crippen LogP contribution in [0.15, 0.2) is 85.2 Å². The molecule has 0 amide bonds. The van der Waals surface area contributed by atoms with Gasteiger partial charge in [-0.1, -0.05) is 36.4 Å².